The first-order chi connectivity index (χ1) is 14.5. The Morgan fingerprint density at radius 1 is 1.17 bits per heavy atom. The third-order valence-corrected chi connectivity index (χ3v) is 8.17. The molecule has 8 heteroatoms. The topological polar surface area (TPSA) is 97.8 Å². The first-order valence-corrected chi connectivity index (χ1v) is 11.8. The lowest BCUT2D eigenvalue weighted by Crippen LogP contribution is -2.50. The minimum absolute atomic E-state index is 0.0296. The highest BCUT2D eigenvalue weighted by molar-refractivity contribution is 7.92. The monoisotopic (exact) mass is 434 g/mol. The van der Waals surface area contributed by atoms with Gasteiger partial charge in [-0.3, -0.25) is 4.98 Å². The van der Waals surface area contributed by atoms with Gasteiger partial charge >= 0.3 is 0 Å². The molecule has 164 valence electrons. The highest BCUT2D eigenvalue weighted by Crippen LogP contribution is 2.35. The summed E-state index contributed by atoms with van der Waals surface area (Å²) in [5.74, 6) is 0.588. The smallest absolute Gasteiger partial charge is 0.185 e. The normalized spacial score (nSPS) is 16.3. The fourth-order valence-corrected chi connectivity index (χ4v) is 5.56. The van der Waals surface area contributed by atoms with Crippen molar-refractivity contribution in [2.45, 2.75) is 55.3 Å². The maximum absolute atomic E-state index is 13.2. The molecule has 2 heterocycles. The molecule has 2 aromatic rings. The molecule has 0 atom stereocenters. The van der Waals surface area contributed by atoms with E-state index >= 15 is 0 Å². The minimum atomic E-state index is -3.65. The number of nitrogens with zero attached hydrogens (tertiary/aromatic N) is 1. The molecule has 7 nitrogen and oxygen atoms in total. The van der Waals surface area contributed by atoms with Gasteiger partial charge in [0.15, 0.2) is 9.84 Å². The molecule has 1 fully saturated rings. The summed E-state index contributed by atoms with van der Waals surface area (Å²) in [7, 11) is -3.65. The van der Waals surface area contributed by atoms with Gasteiger partial charge in [-0.15, -0.1) is 0 Å². The molecule has 0 bridgehead atoms. The fraction of sp³-hybridized carbons (Fsp3) is 0.500. The van der Waals surface area contributed by atoms with Gasteiger partial charge in [0.1, 0.15) is 12.4 Å². The molecule has 30 heavy (non-hydrogen) atoms. The summed E-state index contributed by atoms with van der Waals surface area (Å²) < 4.78 is 36.5. The molecule has 0 saturated carbocycles. The summed E-state index contributed by atoms with van der Waals surface area (Å²) in [6.07, 6.45) is 5.74. The van der Waals surface area contributed by atoms with Crippen LogP contribution < -0.4 is 10.2 Å². The second-order valence-corrected chi connectivity index (χ2v) is 10.00. The van der Waals surface area contributed by atoms with E-state index in [2.05, 4.69) is 17.4 Å². The number of pyridine rings is 1. The van der Waals surface area contributed by atoms with Crippen LogP contribution in [0.25, 0.3) is 0 Å². The van der Waals surface area contributed by atoms with Gasteiger partial charge < -0.3 is 14.7 Å². The molecule has 0 spiro atoms. The van der Waals surface area contributed by atoms with Crippen molar-refractivity contribution >= 4 is 9.84 Å². The number of hydrogen-bond donors (Lipinski definition) is 2. The van der Waals surface area contributed by atoms with Crippen molar-refractivity contribution in [3.8, 4) is 5.75 Å². The molecule has 1 saturated heterocycles. The Labute approximate surface area is 178 Å². The van der Waals surface area contributed by atoms with Gasteiger partial charge in [-0.2, -0.15) is 0 Å². The van der Waals surface area contributed by atoms with E-state index in [1.165, 1.54) is 0 Å². The number of nitrogens with one attached hydrogen (secondary N) is 1. The van der Waals surface area contributed by atoms with E-state index in [9.17, 15) is 13.6 Å². The molecule has 1 aromatic heterocycles. The number of rotatable bonds is 10. The zero-order valence-electron chi connectivity index (χ0n) is 17.3. The van der Waals surface area contributed by atoms with Crippen molar-refractivity contribution in [1.82, 2.24) is 10.5 Å². The minimum Gasteiger partial charge on any atom is -0.489 e. The van der Waals surface area contributed by atoms with E-state index < -0.39 is 14.6 Å². The van der Waals surface area contributed by atoms with E-state index in [1.807, 2.05) is 18.3 Å². The summed E-state index contributed by atoms with van der Waals surface area (Å²) >= 11 is 0. The highest BCUT2D eigenvalue weighted by Gasteiger charge is 2.45. The standard InChI is InChI=1S/C22H30N2O5S/c1-2-3-4-19-6-5-18(15-23-19)16-29-20-7-9-21(10-8-20)30(26,27)22(17-24-25)11-13-28-14-12-22/h5-10,15,24-25H,2-4,11-14,16-17H2,1H3. The number of sulfone groups is 1. The maximum atomic E-state index is 13.2. The van der Waals surface area contributed by atoms with Crippen LogP contribution in [0, 0.1) is 0 Å². The molecule has 0 radical (unpaired) electrons. The molecular formula is C22H30N2O5S. The van der Waals surface area contributed by atoms with Crippen molar-refractivity contribution in [3.05, 3.63) is 53.9 Å². The highest BCUT2D eigenvalue weighted by atomic mass is 32.2. The summed E-state index contributed by atoms with van der Waals surface area (Å²) in [5.41, 5.74) is 4.09. The molecule has 0 unspecified atom stereocenters. The number of aryl methyl sites for hydroxylation is 1. The van der Waals surface area contributed by atoms with Gasteiger partial charge in [-0.25, -0.2) is 13.9 Å². The summed E-state index contributed by atoms with van der Waals surface area (Å²) in [6, 6.07) is 10.5. The van der Waals surface area contributed by atoms with Gasteiger partial charge in [-0.05, 0) is 56.0 Å². The van der Waals surface area contributed by atoms with Gasteiger partial charge in [0, 0.05) is 37.2 Å². The molecule has 1 aromatic carbocycles. The number of ether oxygens (including phenoxy) is 2. The molecular weight excluding hydrogens is 404 g/mol. The second kappa shape index (κ2) is 10.3. The third kappa shape index (κ3) is 5.18. The van der Waals surface area contributed by atoms with Crippen LogP contribution in [0.3, 0.4) is 0 Å². The lowest BCUT2D eigenvalue weighted by molar-refractivity contribution is 0.0588. The van der Waals surface area contributed by atoms with E-state index in [1.54, 1.807) is 24.3 Å². The average molecular weight is 435 g/mol. The lowest BCUT2D eigenvalue weighted by Gasteiger charge is -2.36. The third-order valence-electron chi connectivity index (χ3n) is 5.59. The van der Waals surface area contributed by atoms with E-state index in [0.717, 1.165) is 30.5 Å². The van der Waals surface area contributed by atoms with Crippen molar-refractivity contribution in [1.29, 1.82) is 0 Å². The summed E-state index contributed by atoms with van der Waals surface area (Å²) in [4.78, 5) is 4.67. The maximum Gasteiger partial charge on any atom is 0.185 e. The lowest BCUT2D eigenvalue weighted by atomic mass is 9.99. The van der Waals surface area contributed by atoms with E-state index in [4.69, 9.17) is 9.47 Å². The molecule has 1 aliphatic rings. The average Bonchev–Trinajstić information content (AvgIpc) is 2.78. The van der Waals surface area contributed by atoms with Crippen LogP contribution in [-0.2, 0) is 27.6 Å². The van der Waals surface area contributed by atoms with Crippen LogP contribution in [0.1, 0.15) is 43.9 Å². The van der Waals surface area contributed by atoms with Crippen LogP contribution in [0.15, 0.2) is 47.5 Å². The summed E-state index contributed by atoms with van der Waals surface area (Å²) in [6.45, 7) is 3.20. The Kier molecular flexibility index (Phi) is 7.82. The largest absolute Gasteiger partial charge is 0.489 e. The quantitative estimate of drug-likeness (QED) is 0.554. The van der Waals surface area contributed by atoms with E-state index in [0.29, 0.717) is 38.4 Å². The predicted octanol–water partition coefficient (Wildman–Crippen LogP) is 3.30. The van der Waals surface area contributed by atoms with Gasteiger partial charge in [0.25, 0.3) is 0 Å². The van der Waals surface area contributed by atoms with Gasteiger partial charge in [0.2, 0.25) is 0 Å². The van der Waals surface area contributed by atoms with Crippen molar-refractivity contribution in [2.24, 2.45) is 0 Å². The van der Waals surface area contributed by atoms with Crippen LogP contribution in [0.4, 0.5) is 0 Å². The fourth-order valence-electron chi connectivity index (χ4n) is 3.61. The second-order valence-electron chi connectivity index (χ2n) is 7.66. The number of benzene rings is 1. The SMILES string of the molecule is CCCCc1ccc(COc2ccc(S(=O)(=O)C3(CNO)CCOCC3)cc2)cn1. The number of hydroxylamine groups is 1. The Balaban J connectivity index is 1.65. The van der Waals surface area contributed by atoms with Gasteiger partial charge in [-0.1, -0.05) is 19.4 Å². The first-order valence-electron chi connectivity index (χ1n) is 10.4. The number of hydrogen-bond acceptors (Lipinski definition) is 7. The van der Waals surface area contributed by atoms with Crippen molar-refractivity contribution in [3.63, 3.8) is 0 Å². The molecule has 0 amide bonds. The van der Waals surface area contributed by atoms with Crippen molar-refractivity contribution in [2.75, 3.05) is 19.8 Å². The Bertz CT molecular complexity index is 887. The summed E-state index contributed by atoms with van der Waals surface area (Å²) in [5, 5.41) is 9.20. The van der Waals surface area contributed by atoms with Crippen LogP contribution in [-0.4, -0.2) is 43.1 Å². The zero-order valence-corrected chi connectivity index (χ0v) is 18.2. The predicted molar refractivity (Wildman–Crippen MR) is 113 cm³/mol. The van der Waals surface area contributed by atoms with Gasteiger partial charge in [0.05, 0.1) is 9.64 Å². The molecule has 3 rings (SSSR count). The Morgan fingerprint density at radius 2 is 1.90 bits per heavy atom. The molecule has 0 aliphatic carbocycles. The first kappa shape index (κ1) is 22.7. The molecule has 1 aliphatic heterocycles. The zero-order chi connectivity index (χ0) is 21.5. The number of unbranched alkanes of at least 4 members (excludes halogenated alkanes) is 1. The van der Waals surface area contributed by atoms with E-state index in [-0.39, 0.29) is 11.4 Å². The Morgan fingerprint density at radius 3 is 2.50 bits per heavy atom. The Hall–Kier alpha value is -2.00. The molecule has 2 N–H and O–H groups in total. The van der Waals surface area contributed by atoms with Crippen molar-refractivity contribution < 1.29 is 23.1 Å². The number of aromatic nitrogens is 1. The van der Waals surface area contributed by atoms with Crippen LogP contribution in [0.5, 0.6) is 5.75 Å². The van der Waals surface area contributed by atoms with Crippen LogP contribution in [0.2, 0.25) is 0 Å². The van der Waals surface area contributed by atoms with Crippen LogP contribution >= 0.6 is 0 Å².